The summed E-state index contributed by atoms with van der Waals surface area (Å²) < 4.78 is 10.9. The van der Waals surface area contributed by atoms with Gasteiger partial charge in [0.25, 0.3) is 5.69 Å². The summed E-state index contributed by atoms with van der Waals surface area (Å²) in [5, 5.41) is 30.5. The van der Waals surface area contributed by atoms with E-state index in [2.05, 4.69) is 22.1 Å². The molecule has 0 amide bonds. The third kappa shape index (κ3) is 11.8. The molecule has 4 aromatic rings. The molecule has 0 saturated carbocycles. The number of unbranched alkanes of at least 4 members (excludes halogenated alkanes) is 3. The van der Waals surface area contributed by atoms with Crippen molar-refractivity contribution in [1.29, 1.82) is 0 Å². The number of esters is 1. The van der Waals surface area contributed by atoms with Crippen LogP contribution in [0.1, 0.15) is 42.4 Å². The van der Waals surface area contributed by atoms with E-state index in [0.29, 0.717) is 35.7 Å². The van der Waals surface area contributed by atoms with Crippen molar-refractivity contribution in [2.24, 2.45) is 10.2 Å². The predicted octanol–water partition coefficient (Wildman–Crippen LogP) is 8.28. The number of hydrogen-bond acceptors (Lipinski definition) is 10. The maximum Gasteiger partial charge on any atom is 0.409 e. The number of nitrogens with zero attached hydrogens (tertiary/aromatic N) is 5. The van der Waals surface area contributed by atoms with Gasteiger partial charge in [0.1, 0.15) is 5.75 Å². The van der Waals surface area contributed by atoms with Crippen LogP contribution in [0.5, 0.6) is 5.75 Å². The zero-order valence-electron chi connectivity index (χ0n) is 27.2. The van der Waals surface area contributed by atoms with Crippen molar-refractivity contribution in [1.82, 2.24) is 0 Å². The third-order valence-electron chi connectivity index (χ3n) is 7.07. The molecule has 0 aliphatic carbocycles. The first-order chi connectivity index (χ1) is 23.7. The first-order valence-corrected chi connectivity index (χ1v) is 15.5. The molecule has 0 aromatic heterocycles. The summed E-state index contributed by atoms with van der Waals surface area (Å²) >= 11 is 0. The molecule has 4 rings (SSSR count). The Kier molecular flexibility index (Phi) is 13.1. The highest BCUT2D eigenvalue weighted by atomic mass is 16.6. The first-order valence-electron chi connectivity index (χ1n) is 15.5. The second-order valence-electron chi connectivity index (χ2n) is 11.0. The minimum absolute atomic E-state index is 0.0116. The highest BCUT2D eigenvalue weighted by Gasteiger charge is 2.23. The number of nitro groups is 2. The average molecular weight is 662 g/mol. The Labute approximate surface area is 284 Å². The van der Waals surface area contributed by atoms with Gasteiger partial charge in [-0.15, -0.1) is 0 Å². The van der Waals surface area contributed by atoms with Crippen LogP contribution in [0.4, 0.5) is 22.7 Å². The molecule has 0 radical (unpaired) electrons. The van der Waals surface area contributed by atoms with Gasteiger partial charge in [-0.05, 0) is 104 Å². The lowest BCUT2D eigenvalue weighted by molar-refractivity contribution is -0.419. The number of benzene rings is 4. The zero-order chi connectivity index (χ0) is 35.0. The molecule has 0 bridgehead atoms. The second kappa shape index (κ2) is 18.1. The Hall–Kier alpha value is -6.35. The van der Waals surface area contributed by atoms with Crippen molar-refractivity contribution >= 4 is 34.8 Å². The molecule has 12 heteroatoms. The number of anilines is 1. The van der Waals surface area contributed by atoms with E-state index in [1.165, 1.54) is 30.3 Å². The van der Waals surface area contributed by atoms with Gasteiger partial charge in [0.2, 0.25) is 0 Å². The summed E-state index contributed by atoms with van der Waals surface area (Å²) in [5.41, 5.74) is 3.64. The fraction of sp³-hybridized carbons (Fsp3) is 0.216. The molecule has 0 spiro atoms. The molecule has 0 unspecified atom stereocenters. The van der Waals surface area contributed by atoms with Crippen molar-refractivity contribution in [2.45, 2.75) is 25.7 Å². The van der Waals surface area contributed by atoms with Gasteiger partial charge in [-0.25, -0.2) is 4.79 Å². The number of non-ortho nitro benzene ring substituents is 1. The van der Waals surface area contributed by atoms with Gasteiger partial charge in [-0.2, -0.15) is 10.2 Å². The summed E-state index contributed by atoms with van der Waals surface area (Å²) in [6, 6.07) is 27.5. The molecule has 0 aliphatic heterocycles. The van der Waals surface area contributed by atoms with Gasteiger partial charge in [0.05, 0.1) is 34.4 Å². The van der Waals surface area contributed by atoms with E-state index in [1.807, 2.05) is 43.3 Å². The second-order valence-corrected chi connectivity index (χ2v) is 11.0. The molecule has 0 atom stereocenters. The van der Waals surface area contributed by atoms with Crippen molar-refractivity contribution < 1.29 is 24.1 Å². The van der Waals surface area contributed by atoms with Crippen molar-refractivity contribution in [3.8, 4) is 17.6 Å². The molecule has 12 nitrogen and oxygen atoms in total. The van der Waals surface area contributed by atoms with Crippen LogP contribution in [-0.2, 0) is 9.53 Å². The number of hydrogen-bond donors (Lipinski definition) is 0. The van der Waals surface area contributed by atoms with Gasteiger partial charge in [0, 0.05) is 49.1 Å². The number of carbonyl (C=O) groups is 1. The van der Waals surface area contributed by atoms with E-state index in [9.17, 15) is 25.0 Å². The number of nitro benzene ring substituents is 1. The lowest BCUT2D eigenvalue weighted by Crippen LogP contribution is -2.15. The molecule has 0 heterocycles. The Morgan fingerprint density at radius 2 is 1.27 bits per heavy atom. The SMILES string of the molecule is CN(C)c1ccc(C#Cc2ccc(/C=C(/C(=O)OCCCCCCOc3ccc(N=Nc4ccc([N+](=O)[O-])cc4)cc3)[N+](=O)[O-])cc2)cc1. The Balaban J connectivity index is 1.13. The summed E-state index contributed by atoms with van der Waals surface area (Å²) in [6.07, 6.45) is 4.13. The maximum absolute atomic E-state index is 12.4. The molecule has 49 heavy (non-hydrogen) atoms. The molecule has 0 aliphatic rings. The van der Waals surface area contributed by atoms with Gasteiger partial charge in [-0.1, -0.05) is 24.0 Å². The predicted molar refractivity (Wildman–Crippen MR) is 187 cm³/mol. The highest BCUT2D eigenvalue weighted by molar-refractivity contribution is 5.91. The summed E-state index contributed by atoms with van der Waals surface area (Å²) in [5.74, 6) is 5.87. The molecule has 250 valence electrons. The van der Waals surface area contributed by atoms with Crippen LogP contribution in [0.2, 0.25) is 0 Å². The summed E-state index contributed by atoms with van der Waals surface area (Å²) in [4.78, 5) is 35.5. The van der Waals surface area contributed by atoms with Crippen LogP contribution in [0.3, 0.4) is 0 Å². The monoisotopic (exact) mass is 661 g/mol. The van der Waals surface area contributed by atoms with Crippen LogP contribution in [-0.4, -0.2) is 43.1 Å². The smallest absolute Gasteiger partial charge is 0.409 e. The first kappa shape index (κ1) is 35.5. The maximum atomic E-state index is 12.4. The van der Waals surface area contributed by atoms with E-state index in [-0.39, 0.29) is 12.3 Å². The van der Waals surface area contributed by atoms with Gasteiger partial charge in [0.15, 0.2) is 0 Å². The van der Waals surface area contributed by atoms with Gasteiger partial charge in [-0.3, -0.25) is 20.2 Å². The average Bonchev–Trinajstić information content (AvgIpc) is 3.11. The number of rotatable bonds is 15. The van der Waals surface area contributed by atoms with Crippen LogP contribution in [0.15, 0.2) is 113 Å². The summed E-state index contributed by atoms with van der Waals surface area (Å²) in [6.45, 7) is 0.566. The Bertz CT molecular complexity index is 1840. The van der Waals surface area contributed by atoms with Crippen LogP contribution >= 0.6 is 0 Å². The fourth-order valence-corrected chi connectivity index (χ4v) is 4.35. The molecule has 0 fully saturated rings. The molecule has 0 N–H and O–H groups in total. The molecular weight excluding hydrogens is 626 g/mol. The highest BCUT2D eigenvalue weighted by Crippen LogP contribution is 2.23. The molecule has 4 aromatic carbocycles. The van der Waals surface area contributed by atoms with E-state index in [0.717, 1.165) is 36.1 Å². The standard InChI is InChI=1S/C37H35N5O7/c1-40(2)33-19-13-29(14-20-33)8-7-28-9-11-30(12-10-28)27-36(42(46)47)37(43)49-26-6-4-3-5-25-48-35-23-17-32(18-24-35)39-38-31-15-21-34(22-16-31)41(44)45/h9-24,27H,3-6,25-26H2,1-2H3/b36-27-,39-38?. The number of azo groups is 1. The molecular formula is C37H35N5O7. The van der Waals surface area contributed by atoms with E-state index in [1.54, 1.807) is 48.5 Å². The van der Waals surface area contributed by atoms with Crippen LogP contribution in [0.25, 0.3) is 6.08 Å². The number of ether oxygens (including phenoxy) is 2. The van der Waals surface area contributed by atoms with Gasteiger partial charge >= 0.3 is 11.7 Å². The normalized spacial score (nSPS) is 11.0. The Morgan fingerprint density at radius 1 is 0.735 bits per heavy atom. The minimum atomic E-state index is -0.978. The fourth-order valence-electron chi connectivity index (χ4n) is 4.35. The van der Waals surface area contributed by atoms with Crippen molar-refractivity contribution in [3.05, 3.63) is 140 Å². The van der Waals surface area contributed by atoms with Gasteiger partial charge < -0.3 is 14.4 Å². The minimum Gasteiger partial charge on any atom is -0.494 e. The zero-order valence-corrected chi connectivity index (χ0v) is 27.2. The molecule has 0 saturated heterocycles. The van der Waals surface area contributed by atoms with Crippen LogP contribution < -0.4 is 9.64 Å². The lowest BCUT2D eigenvalue weighted by Gasteiger charge is -2.11. The quantitative estimate of drug-likeness (QED) is 0.0235. The number of carbonyl (C=O) groups excluding carboxylic acids is 1. The van der Waals surface area contributed by atoms with E-state index >= 15 is 0 Å². The topological polar surface area (TPSA) is 150 Å². The van der Waals surface area contributed by atoms with Crippen LogP contribution in [0, 0.1) is 32.1 Å². The van der Waals surface area contributed by atoms with Crippen molar-refractivity contribution in [3.63, 3.8) is 0 Å². The van der Waals surface area contributed by atoms with Crippen molar-refractivity contribution in [2.75, 3.05) is 32.2 Å². The lowest BCUT2D eigenvalue weighted by atomic mass is 10.1. The summed E-state index contributed by atoms with van der Waals surface area (Å²) in [7, 11) is 3.94. The Morgan fingerprint density at radius 3 is 1.80 bits per heavy atom. The van der Waals surface area contributed by atoms with E-state index in [4.69, 9.17) is 9.47 Å². The largest absolute Gasteiger partial charge is 0.494 e. The third-order valence-corrected chi connectivity index (χ3v) is 7.07. The van der Waals surface area contributed by atoms with E-state index < -0.39 is 21.5 Å².